The highest BCUT2D eigenvalue weighted by atomic mass is 16.4. The van der Waals surface area contributed by atoms with E-state index in [0.29, 0.717) is 16.3 Å². The second-order valence-corrected chi connectivity index (χ2v) is 6.32. The Kier molecular flexibility index (Phi) is 4.27. The Morgan fingerprint density at radius 3 is 1.89 bits per heavy atom. The SMILES string of the molecule is O=C(O)c1c(C#Cc2ccccc2)cc2cc3ccccc3cc2c1C(=O)O. The van der Waals surface area contributed by atoms with Crippen LogP contribution in [0.1, 0.15) is 31.8 Å². The van der Waals surface area contributed by atoms with Gasteiger partial charge < -0.3 is 10.2 Å². The molecule has 0 saturated carbocycles. The third kappa shape index (κ3) is 3.06. The molecule has 134 valence electrons. The maximum Gasteiger partial charge on any atom is 0.337 e. The largest absolute Gasteiger partial charge is 0.478 e. The molecule has 0 aliphatic carbocycles. The van der Waals surface area contributed by atoms with E-state index in [-0.39, 0.29) is 16.7 Å². The van der Waals surface area contributed by atoms with Gasteiger partial charge in [0.25, 0.3) is 0 Å². The van der Waals surface area contributed by atoms with E-state index >= 15 is 0 Å². The molecule has 4 aromatic carbocycles. The van der Waals surface area contributed by atoms with Crippen molar-refractivity contribution < 1.29 is 19.8 Å². The monoisotopic (exact) mass is 366 g/mol. The van der Waals surface area contributed by atoms with Gasteiger partial charge in [0, 0.05) is 11.1 Å². The molecule has 0 heterocycles. The lowest BCUT2D eigenvalue weighted by Crippen LogP contribution is -2.11. The van der Waals surface area contributed by atoms with E-state index in [1.54, 1.807) is 24.3 Å². The molecule has 4 aromatic rings. The Morgan fingerprint density at radius 1 is 0.643 bits per heavy atom. The molecule has 0 bridgehead atoms. The number of benzene rings is 4. The zero-order valence-corrected chi connectivity index (χ0v) is 14.6. The summed E-state index contributed by atoms with van der Waals surface area (Å²) in [6, 6.07) is 21.9. The maximum atomic E-state index is 12.0. The summed E-state index contributed by atoms with van der Waals surface area (Å²) in [7, 11) is 0. The van der Waals surface area contributed by atoms with Crippen LogP contribution in [0.25, 0.3) is 21.5 Å². The van der Waals surface area contributed by atoms with E-state index in [9.17, 15) is 19.8 Å². The van der Waals surface area contributed by atoms with Gasteiger partial charge in [0.1, 0.15) is 0 Å². The summed E-state index contributed by atoms with van der Waals surface area (Å²) in [5, 5.41) is 22.3. The number of carboxylic acid groups (broad SMARTS) is 2. The molecule has 4 heteroatoms. The first-order valence-corrected chi connectivity index (χ1v) is 8.58. The minimum atomic E-state index is -1.31. The van der Waals surface area contributed by atoms with E-state index in [0.717, 1.165) is 10.8 Å². The molecule has 4 rings (SSSR count). The van der Waals surface area contributed by atoms with Crippen molar-refractivity contribution in [1.82, 2.24) is 0 Å². The van der Waals surface area contributed by atoms with Crippen LogP contribution in [0.2, 0.25) is 0 Å². The molecule has 0 aliphatic rings. The lowest BCUT2D eigenvalue weighted by molar-refractivity contribution is 0.0653. The summed E-state index contributed by atoms with van der Waals surface area (Å²) < 4.78 is 0. The van der Waals surface area contributed by atoms with Gasteiger partial charge >= 0.3 is 11.9 Å². The van der Waals surface area contributed by atoms with Crippen LogP contribution in [0.4, 0.5) is 0 Å². The predicted molar refractivity (Wildman–Crippen MR) is 108 cm³/mol. The van der Waals surface area contributed by atoms with Crippen molar-refractivity contribution in [1.29, 1.82) is 0 Å². The molecule has 0 aromatic heterocycles. The molecule has 28 heavy (non-hydrogen) atoms. The van der Waals surface area contributed by atoms with Crippen LogP contribution in [0, 0.1) is 11.8 Å². The molecule has 0 aliphatic heterocycles. The summed E-state index contributed by atoms with van der Waals surface area (Å²) >= 11 is 0. The number of hydrogen-bond donors (Lipinski definition) is 2. The number of rotatable bonds is 2. The average Bonchev–Trinajstić information content (AvgIpc) is 2.70. The van der Waals surface area contributed by atoms with Crippen LogP contribution in [0.5, 0.6) is 0 Å². The van der Waals surface area contributed by atoms with Crippen molar-refractivity contribution in [2.45, 2.75) is 0 Å². The van der Waals surface area contributed by atoms with Crippen LogP contribution in [0.3, 0.4) is 0 Å². The lowest BCUT2D eigenvalue weighted by atomic mass is 9.92. The molecule has 0 amide bonds. The van der Waals surface area contributed by atoms with Crippen molar-refractivity contribution in [3.63, 3.8) is 0 Å². The van der Waals surface area contributed by atoms with Crippen molar-refractivity contribution >= 4 is 33.5 Å². The van der Waals surface area contributed by atoms with Gasteiger partial charge in [-0.1, -0.05) is 54.3 Å². The summed E-state index contributed by atoms with van der Waals surface area (Å²) in [5.41, 5.74) is 0.359. The normalized spacial score (nSPS) is 10.4. The minimum Gasteiger partial charge on any atom is -0.478 e. The van der Waals surface area contributed by atoms with Crippen LogP contribution < -0.4 is 0 Å². The number of aromatic carboxylic acids is 2. The fourth-order valence-electron chi connectivity index (χ4n) is 3.29. The molecular weight excluding hydrogens is 352 g/mol. The van der Waals surface area contributed by atoms with Crippen LogP contribution in [0.15, 0.2) is 72.8 Å². The standard InChI is InChI=1S/C24H14O4/c25-23(26)21-18(11-10-15-6-2-1-3-7-15)13-19-12-16-8-4-5-9-17(16)14-20(19)22(21)24(27)28/h1-9,12-14H,(H,25,26)(H,27,28). The van der Waals surface area contributed by atoms with E-state index in [2.05, 4.69) is 11.8 Å². The molecule has 2 N–H and O–H groups in total. The molecule has 0 saturated heterocycles. The van der Waals surface area contributed by atoms with Crippen molar-refractivity contribution in [2.75, 3.05) is 0 Å². The minimum absolute atomic E-state index is 0.177. The van der Waals surface area contributed by atoms with E-state index in [1.165, 1.54) is 0 Å². The number of hydrogen-bond acceptors (Lipinski definition) is 2. The zero-order valence-electron chi connectivity index (χ0n) is 14.6. The van der Waals surface area contributed by atoms with Crippen LogP contribution >= 0.6 is 0 Å². The quantitative estimate of drug-likeness (QED) is 0.395. The van der Waals surface area contributed by atoms with Crippen LogP contribution in [-0.2, 0) is 0 Å². The van der Waals surface area contributed by atoms with Gasteiger partial charge in [0.2, 0.25) is 0 Å². The first kappa shape index (κ1) is 17.3. The highest BCUT2D eigenvalue weighted by Gasteiger charge is 2.23. The Morgan fingerprint density at radius 2 is 1.25 bits per heavy atom. The van der Waals surface area contributed by atoms with Gasteiger partial charge in [-0.2, -0.15) is 0 Å². The van der Waals surface area contributed by atoms with Crippen LogP contribution in [-0.4, -0.2) is 22.2 Å². The smallest absolute Gasteiger partial charge is 0.337 e. The van der Waals surface area contributed by atoms with Gasteiger partial charge in [-0.15, -0.1) is 0 Å². The third-order valence-electron chi connectivity index (χ3n) is 4.55. The first-order valence-electron chi connectivity index (χ1n) is 8.58. The van der Waals surface area contributed by atoms with E-state index < -0.39 is 11.9 Å². The highest BCUT2D eigenvalue weighted by Crippen LogP contribution is 2.30. The van der Waals surface area contributed by atoms with E-state index in [1.807, 2.05) is 48.5 Å². The average molecular weight is 366 g/mol. The molecule has 0 fully saturated rings. The Balaban J connectivity index is 2.07. The van der Waals surface area contributed by atoms with Gasteiger partial charge in [-0.25, -0.2) is 9.59 Å². The fraction of sp³-hybridized carbons (Fsp3) is 0. The number of carboxylic acids is 2. The van der Waals surface area contributed by atoms with Gasteiger partial charge in [0.05, 0.1) is 11.1 Å². The Hall–Kier alpha value is -4.10. The molecule has 0 unspecified atom stereocenters. The number of fused-ring (bicyclic) bond motifs is 2. The van der Waals surface area contributed by atoms with Gasteiger partial charge in [-0.3, -0.25) is 0 Å². The topological polar surface area (TPSA) is 74.6 Å². The lowest BCUT2D eigenvalue weighted by Gasteiger charge is -2.11. The summed E-state index contributed by atoms with van der Waals surface area (Å²) in [4.78, 5) is 23.9. The zero-order chi connectivity index (χ0) is 19.7. The second kappa shape index (κ2) is 6.90. The highest BCUT2D eigenvalue weighted by molar-refractivity contribution is 6.15. The summed E-state index contributed by atoms with van der Waals surface area (Å²) in [6.07, 6.45) is 0. The van der Waals surface area contributed by atoms with Gasteiger partial charge in [-0.05, 0) is 51.9 Å². The molecular formula is C24H14O4. The fourth-order valence-corrected chi connectivity index (χ4v) is 3.29. The summed E-state index contributed by atoms with van der Waals surface area (Å²) in [6.45, 7) is 0. The number of carbonyl (C=O) groups is 2. The van der Waals surface area contributed by atoms with Crippen molar-refractivity contribution in [3.05, 3.63) is 95.1 Å². The molecule has 0 spiro atoms. The Labute approximate surface area is 160 Å². The first-order chi connectivity index (χ1) is 13.5. The van der Waals surface area contributed by atoms with Crippen molar-refractivity contribution in [3.8, 4) is 11.8 Å². The Bertz CT molecular complexity index is 1310. The molecule has 0 radical (unpaired) electrons. The van der Waals surface area contributed by atoms with Gasteiger partial charge in [0.15, 0.2) is 0 Å². The molecule has 4 nitrogen and oxygen atoms in total. The third-order valence-corrected chi connectivity index (χ3v) is 4.55. The van der Waals surface area contributed by atoms with Crippen molar-refractivity contribution in [2.24, 2.45) is 0 Å². The second-order valence-electron chi connectivity index (χ2n) is 6.32. The maximum absolute atomic E-state index is 12.0. The molecule has 0 atom stereocenters. The summed E-state index contributed by atoms with van der Waals surface area (Å²) in [5.74, 6) is 3.16. The van der Waals surface area contributed by atoms with E-state index in [4.69, 9.17) is 0 Å². The predicted octanol–water partition coefficient (Wildman–Crippen LogP) is 4.79.